The van der Waals surface area contributed by atoms with Crippen LogP contribution in [0.4, 0.5) is 11.4 Å². The second kappa shape index (κ2) is 4.72. The molecular weight excluding hydrogens is 164 g/mol. The number of ether oxygens (including phenoxy) is 1. The second-order valence-electron chi connectivity index (χ2n) is 2.91. The van der Waals surface area contributed by atoms with Crippen LogP contribution in [0.3, 0.4) is 0 Å². The molecule has 0 saturated heterocycles. The van der Waals surface area contributed by atoms with Crippen molar-refractivity contribution in [3.8, 4) is 0 Å². The zero-order valence-corrected chi connectivity index (χ0v) is 8.13. The molecule has 3 N–H and O–H groups in total. The van der Waals surface area contributed by atoms with Gasteiger partial charge in [-0.2, -0.15) is 0 Å². The average molecular weight is 180 g/mol. The Morgan fingerprint density at radius 3 is 2.85 bits per heavy atom. The average Bonchev–Trinajstić information content (AvgIpc) is 2.15. The Morgan fingerprint density at radius 1 is 1.46 bits per heavy atom. The lowest BCUT2D eigenvalue weighted by Crippen LogP contribution is -2.01. The van der Waals surface area contributed by atoms with Crippen molar-refractivity contribution < 1.29 is 4.74 Å². The van der Waals surface area contributed by atoms with E-state index in [2.05, 4.69) is 5.32 Å². The molecule has 72 valence electrons. The minimum Gasteiger partial charge on any atom is -0.399 e. The topological polar surface area (TPSA) is 47.3 Å². The maximum Gasteiger partial charge on any atom is 0.0503 e. The fourth-order valence-corrected chi connectivity index (χ4v) is 1.28. The first-order valence-corrected chi connectivity index (χ1v) is 4.33. The van der Waals surface area contributed by atoms with E-state index >= 15 is 0 Å². The summed E-state index contributed by atoms with van der Waals surface area (Å²) in [5.74, 6) is 0. The van der Waals surface area contributed by atoms with Crippen molar-refractivity contribution in [2.75, 3.05) is 31.8 Å². The van der Waals surface area contributed by atoms with Crippen LogP contribution < -0.4 is 11.1 Å². The summed E-state index contributed by atoms with van der Waals surface area (Å²) in [6.45, 7) is 0.720. The molecule has 0 saturated carbocycles. The predicted octanol–water partition coefficient (Wildman–Crippen LogP) is 1.50. The van der Waals surface area contributed by atoms with Gasteiger partial charge in [0, 0.05) is 25.5 Å². The molecule has 0 unspecified atom stereocenters. The SMILES string of the molecule is CNc1ccc(N)cc1CCOC. The number of hydrogen-bond acceptors (Lipinski definition) is 3. The first-order valence-electron chi connectivity index (χ1n) is 4.33. The van der Waals surface area contributed by atoms with Crippen LogP contribution in [-0.4, -0.2) is 20.8 Å². The normalized spacial score (nSPS) is 10.0. The molecule has 0 heterocycles. The summed E-state index contributed by atoms with van der Waals surface area (Å²) in [4.78, 5) is 0. The summed E-state index contributed by atoms with van der Waals surface area (Å²) in [7, 11) is 3.60. The molecule has 0 bridgehead atoms. The molecule has 3 nitrogen and oxygen atoms in total. The van der Waals surface area contributed by atoms with Crippen molar-refractivity contribution in [2.24, 2.45) is 0 Å². The van der Waals surface area contributed by atoms with Crippen molar-refractivity contribution in [2.45, 2.75) is 6.42 Å². The first-order chi connectivity index (χ1) is 6.27. The fourth-order valence-electron chi connectivity index (χ4n) is 1.28. The second-order valence-corrected chi connectivity index (χ2v) is 2.91. The Balaban J connectivity index is 2.81. The van der Waals surface area contributed by atoms with E-state index in [0.29, 0.717) is 0 Å². The van der Waals surface area contributed by atoms with Crippen LogP contribution in [0.25, 0.3) is 0 Å². The Labute approximate surface area is 78.9 Å². The monoisotopic (exact) mass is 180 g/mol. The van der Waals surface area contributed by atoms with Gasteiger partial charge < -0.3 is 15.8 Å². The molecule has 1 rings (SSSR count). The van der Waals surface area contributed by atoms with Crippen molar-refractivity contribution in [3.63, 3.8) is 0 Å². The van der Waals surface area contributed by atoms with Gasteiger partial charge >= 0.3 is 0 Å². The standard InChI is InChI=1S/C10H16N2O/c1-12-10-4-3-9(11)7-8(10)5-6-13-2/h3-4,7,12H,5-6,11H2,1-2H3. The molecule has 0 fully saturated rings. The van der Waals surface area contributed by atoms with Gasteiger partial charge in [-0.1, -0.05) is 0 Å². The number of nitrogens with two attached hydrogens (primary N) is 1. The van der Waals surface area contributed by atoms with Gasteiger partial charge in [0.15, 0.2) is 0 Å². The molecule has 0 spiro atoms. The molecule has 0 aliphatic rings. The highest BCUT2D eigenvalue weighted by molar-refractivity contribution is 5.57. The van der Waals surface area contributed by atoms with Crippen LogP contribution in [0.1, 0.15) is 5.56 Å². The molecule has 13 heavy (non-hydrogen) atoms. The van der Waals surface area contributed by atoms with Gasteiger partial charge in [0.2, 0.25) is 0 Å². The van der Waals surface area contributed by atoms with Crippen molar-refractivity contribution in [1.82, 2.24) is 0 Å². The zero-order valence-electron chi connectivity index (χ0n) is 8.13. The summed E-state index contributed by atoms with van der Waals surface area (Å²) in [6, 6.07) is 5.85. The van der Waals surface area contributed by atoms with Crippen LogP contribution in [0.5, 0.6) is 0 Å². The van der Waals surface area contributed by atoms with Gasteiger partial charge in [0.05, 0.1) is 6.61 Å². The van der Waals surface area contributed by atoms with Gasteiger partial charge in [-0.25, -0.2) is 0 Å². The van der Waals surface area contributed by atoms with E-state index < -0.39 is 0 Å². The van der Waals surface area contributed by atoms with Gasteiger partial charge in [0.25, 0.3) is 0 Å². The maximum absolute atomic E-state index is 5.69. The molecule has 3 heteroatoms. The van der Waals surface area contributed by atoms with Gasteiger partial charge in [-0.3, -0.25) is 0 Å². The minimum absolute atomic E-state index is 0.720. The molecule has 0 aromatic heterocycles. The van der Waals surface area contributed by atoms with E-state index in [-0.39, 0.29) is 0 Å². The van der Waals surface area contributed by atoms with E-state index in [1.807, 2.05) is 25.2 Å². The zero-order chi connectivity index (χ0) is 9.68. The molecule has 1 aromatic rings. The van der Waals surface area contributed by atoms with Crippen LogP contribution >= 0.6 is 0 Å². The van der Waals surface area contributed by atoms with E-state index in [4.69, 9.17) is 10.5 Å². The Kier molecular flexibility index (Phi) is 3.58. The Hall–Kier alpha value is -1.22. The molecular formula is C10H16N2O. The van der Waals surface area contributed by atoms with Gasteiger partial charge in [-0.15, -0.1) is 0 Å². The van der Waals surface area contributed by atoms with Crippen LogP contribution in [-0.2, 0) is 11.2 Å². The molecule has 0 amide bonds. The summed E-state index contributed by atoms with van der Waals surface area (Å²) >= 11 is 0. The van der Waals surface area contributed by atoms with Crippen LogP contribution in [0.15, 0.2) is 18.2 Å². The highest BCUT2D eigenvalue weighted by atomic mass is 16.5. The number of anilines is 2. The quantitative estimate of drug-likeness (QED) is 0.690. The first kappa shape index (κ1) is 9.86. The van der Waals surface area contributed by atoms with Crippen molar-refractivity contribution >= 4 is 11.4 Å². The summed E-state index contributed by atoms with van der Waals surface area (Å²) in [5, 5.41) is 3.12. The largest absolute Gasteiger partial charge is 0.399 e. The summed E-state index contributed by atoms with van der Waals surface area (Å²) < 4.78 is 5.02. The molecule has 1 aromatic carbocycles. The number of rotatable bonds is 4. The molecule has 0 radical (unpaired) electrons. The Bertz CT molecular complexity index is 274. The fraction of sp³-hybridized carbons (Fsp3) is 0.400. The number of methoxy groups -OCH3 is 1. The lowest BCUT2D eigenvalue weighted by atomic mass is 10.1. The predicted molar refractivity (Wildman–Crippen MR) is 56.0 cm³/mol. The van der Waals surface area contributed by atoms with Gasteiger partial charge in [0.1, 0.15) is 0 Å². The lowest BCUT2D eigenvalue weighted by Gasteiger charge is -2.09. The Morgan fingerprint density at radius 2 is 2.23 bits per heavy atom. The van der Waals surface area contributed by atoms with E-state index in [1.165, 1.54) is 5.56 Å². The van der Waals surface area contributed by atoms with Crippen molar-refractivity contribution in [3.05, 3.63) is 23.8 Å². The van der Waals surface area contributed by atoms with E-state index in [0.717, 1.165) is 24.4 Å². The number of nitrogens with one attached hydrogen (secondary N) is 1. The van der Waals surface area contributed by atoms with Gasteiger partial charge in [-0.05, 0) is 30.2 Å². The lowest BCUT2D eigenvalue weighted by molar-refractivity contribution is 0.202. The molecule has 0 aliphatic heterocycles. The number of hydrogen-bond donors (Lipinski definition) is 2. The third-order valence-electron chi connectivity index (χ3n) is 1.97. The van der Waals surface area contributed by atoms with Crippen LogP contribution in [0, 0.1) is 0 Å². The molecule has 0 atom stereocenters. The number of benzene rings is 1. The summed E-state index contributed by atoms with van der Waals surface area (Å²) in [6.07, 6.45) is 0.887. The van der Waals surface area contributed by atoms with Crippen molar-refractivity contribution in [1.29, 1.82) is 0 Å². The third-order valence-corrected chi connectivity index (χ3v) is 1.97. The summed E-state index contributed by atoms with van der Waals surface area (Å²) in [5.41, 5.74) is 8.80. The third kappa shape index (κ3) is 2.63. The molecule has 0 aliphatic carbocycles. The maximum atomic E-state index is 5.69. The highest BCUT2D eigenvalue weighted by Gasteiger charge is 2.00. The van der Waals surface area contributed by atoms with E-state index in [1.54, 1.807) is 7.11 Å². The number of nitrogen functional groups attached to an aromatic ring is 1. The van der Waals surface area contributed by atoms with E-state index in [9.17, 15) is 0 Å². The highest BCUT2D eigenvalue weighted by Crippen LogP contribution is 2.18. The van der Waals surface area contributed by atoms with Crippen LogP contribution in [0.2, 0.25) is 0 Å². The minimum atomic E-state index is 0.720. The smallest absolute Gasteiger partial charge is 0.0503 e.